The van der Waals surface area contributed by atoms with E-state index in [0.717, 1.165) is 19.3 Å². The number of fused-ring (bicyclic) bond motifs is 1. The van der Waals surface area contributed by atoms with Crippen LogP contribution in [0, 0.1) is 5.92 Å². The Kier molecular flexibility index (Phi) is 5.06. The molecule has 2 aliphatic rings. The van der Waals surface area contributed by atoms with Crippen LogP contribution in [0.5, 0.6) is 11.5 Å². The molecule has 1 fully saturated rings. The highest BCUT2D eigenvalue weighted by Gasteiger charge is 2.43. The monoisotopic (exact) mass is 355 g/mol. The van der Waals surface area contributed by atoms with Gasteiger partial charge in [-0.2, -0.15) is 0 Å². The van der Waals surface area contributed by atoms with E-state index >= 15 is 0 Å². The van der Waals surface area contributed by atoms with Gasteiger partial charge in [-0.1, -0.05) is 25.7 Å². The van der Waals surface area contributed by atoms with Crippen LogP contribution < -0.4 is 14.8 Å². The number of benzene rings is 1. The van der Waals surface area contributed by atoms with Crippen LogP contribution in [0.15, 0.2) is 18.2 Å². The number of ether oxygens (including phenoxy) is 3. The highest BCUT2D eigenvalue weighted by atomic mass is 19.3. The molecule has 8 heteroatoms. The van der Waals surface area contributed by atoms with Crippen molar-refractivity contribution >= 4 is 17.6 Å². The van der Waals surface area contributed by atoms with E-state index in [0.29, 0.717) is 12.3 Å². The van der Waals surface area contributed by atoms with Crippen molar-refractivity contribution in [2.75, 3.05) is 11.9 Å². The first-order valence-electron chi connectivity index (χ1n) is 8.27. The second-order valence-electron chi connectivity index (χ2n) is 6.23. The Balaban J connectivity index is 1.41. The van der Waals surface area contributed by atoms with Crippen LogP contribution >= 0.6 is 0 Å². The summed E-state index contributed by atoms with van der Waals surface area (Å²) in [6, 6.07) is 3.87. The van der Waals surface area contributed by atoms with Gasteiger partial charge in [0.15, 0.2) is 18.1 Å². The molecule has 1 N–H and O–H groups in total. The van der Waals surface area contributed by atoms with Gasteiger partial charge in [0.05, 0.1) is 0 Å². The molecule has 3 rings (SSSR count). The zero-order chi connectivity index (χ0) is 17.9. The van der Waals surface area contributed by atoms with Gasteiger partial charge in [0.25, 0.3) is 5.91 Å². The summed E-state index contributed by atoms with van der Waals surface area (Å²) in [6.45, 7) is -0.423. The predicted octanol–water partition coefficient (Wildman–Crippen LogP) is 3.46. The van der Waals surface area contributed by atoms with E-state index in [1.165, 1.54) is 31.0 Å². The predicted molar refractivity (Wildman–Crippen MR) is 83.4 cm³/mol. The average Bonchev–Trinajstić information content (AvgIpc) is 3.16. The second kappa shape index (κ2) is 7.25. The summed E-state index contributed by atoms with van der Waals surface area (Å²) in [4.78, 5) is 23.5. The fourth-order valence-electron chi connectivity index (χ4n) is 3.06. The molecule has 0 unspecified atom stereocenters. The van der Waals surface area contributed by atoms with Crippen molar-refractivity contribution in [3.8, 4) is 11.5 Å². The van der Waals surface area contributed by atoms with Gasteiger partial charge >= 0.3 is 12.3 Å². The normalized spacial score (nSPS) is 18.2. The minimum absolute atomic E-state index is 0.110. The Bertz CT molecular complexity index is 658. The fourth-order valence-corrected chi connectivity index (χ4v) is 3.06. The lowest BCUT2D eigenvalue weighted by atomic mass is 10.0. The number of esters is 1. The number of nitrogens with one attached hydrogen (secondary N) is 1. The van der Waals surface area contributed by atoms with Gasteiger partial charge in [-0.3, -0.25) is 9.59 Å². The smallest absolute Gasteiger partial charge is 0.456 e. The molecular weight excluding hydrogens is 336 g/mol. The van der Waals surface area contributed by atoms with Crippen LogP contribution in [-0.4, -0.2) is 24.8 Å². The molecule has 0 aromatic heterocycles. The lowest BCUT2D eigenvalue weighted by Gasteiger charge is -2.09. The van der Waals surface area contributed by atoms with Gasteiger partial charge in [0.2, 0.25) is 0 Å². The van der Waals surface area contributed by atoms with Crippen molar-refractivity contribution in [2.24, 2.45) is 5.92 Å². The first-order chi connectivity index (χ1) is 11.9. The summed E-state index contributed by atoms with van der Waals surface area (Å²) < 4.78 is 39.4. The van der Waals surface area contributed by atoms with Gasteiger partial charge in [-0.25, -0.2) is 0 Å². The average molecular weight is 355 g/mol. The standard InChI is InChI=1S/C17H19F2NO5/c18-17(19)24-13-7-6-12(9-14(13)25-17)20-15(21)10-23-16(22)8-5-11-3-1-2-4-11/h6-7,9,11H,1-5,8,10H2,(H,20,21). The third kappa shape index (κ3) is 4.80. The number of anilines is 1. The van der Waals surface area contributed by atoms with Crippen molar-refractivity contribution in [3.05, 3.63) is 18.2 Å². The van der Waals surface area contributed by atoms with Crippen LogP contribution in [0.3, 0.4) is 0 Å². The lowest BCUT2D eigenvalue weighted by Crippen LogP contribution is -2.25. The molecule has 1 heterocycles. The van der Waals surface area contributed by atoms with Gasteiger partial charge in [-0.15, -0.1) is 8.78 Å². The largest absolute Gasteiger partial charge is 0.586 e. The Morgan fingerprint density at radius 3 is 2.68 bits per heavy atom. The molecule has 0 saturated heterocycles. The maximum atomic E-state index is 12.9. The maximum Gasteiger partial charge on any atom is 0.586 e. The van der Waals surface area contributed by atoms with E-state index < -0.39 is 24.8 Å². The summed E-state index contributed by atoms with van der Waals surface area (Å²) in [5, 5.41) is 2.45. The zero-order valence-electron chi connectivity index (χ0n) is 13.6. The highest BCUT2D eigenvalue weighted by Crippen LogP contribution is 2.42. The van der Waals surface area contributed by atoms with Gasteiger partial charge in [0, 0.05) is 18.2 Å². The molecule has 6 nitrogen and oxygen atoms in total. The molecule has 1 aromatic carbocycles. The molecule has 136 valence electrons. The molecule has 1 aliphatic heterocycles. The quantitative estimate of drug-likeness (QED) is 0.791. The van der Waals surface area contributed by atoms with Crippen molar-refractivity contribution in [3.63, 3.8) is 0 Å². The molecule has 0 spiro atoms. The summed E-state index contributed by atoms with van der Waals surface area (Å²) in [5.41, 5.74) is 0.243. The summed E-state index contributed by atoms with van der Waals surface area (Å²) >= 11 is 0. The SMILES string of the molecule is O=C(COC(=O)CCC1CCCC1)Nc1ccc2c(c1)OC(F)(F)O2. The minimum atomic E-state index is -3.71. The van der Waals surface area contributed by atoms with Gasteiger partial charge in [-0.05, 0) is 24.5 Å². The minimum Gasteiger partial charge on any atom is -0.456 e. The molecule has 25 heavy (non-hydrogen) atoms. The van der Waals surface area contributed by atoms with Crippen molar-refractivity contribution in [1.82, 2.24) is 0 Å². The molecule has 1 aliphatic carbocycles. The molecule has 1 saturated carbocycles. The molecule has 0 atom stereocenters. The van der Waals surface area contributed by atoms with Crippen molar-refractivity contribution in [2.45, 2.75) is 44.8 Å². The third-order valence-corrected chi connectivity index (χ3v) is 4.28. The van der Waals surface area contributed by atoms with Gasteiger partial charge < -0.3 is 19.5 Å². The molecule has 1 amide bonds. The Morgan fingerprint density at radius 1 is 1.20 bits per heavy atom. The van der Waals surface area contributed by atoms with E-state index in [4.69, 9.17) is 4.74 Å². The highest BCUT2D eigenvalue weighted by molar-refractivity contribution is 5.93. The summed E-state index contributed by atoms with van der Waals surface area (Å²) in [5.74, 6) is -0.668. The number of amides is 1. The van der Waals surface area contributed by atoms with Crippen molar-refractivity contribution in [1.29, 1.82) is 0 Å². The van der Waals surface area contributed by atoms with Gasteiger partial charge in [0.1, 0.15) is 0 Å². The maximum absolute atomic E-state index is 12.9. The summed E-state index contributed by atoms with van der Waals surface area (Å²) in [7, 11) is 0. The van der Waals surface area contributed by atoms with Crippen LogP contribution in [0.1, 0.15) is 38.5 Å². The van der Waals surface area contributed by atoms with E-state index in [-0.39, 0.29) is 17.2 Å². The van der Waals surface area contributed by atoms with Crippen LogP contribution in [0.4, 0.5) is 14.5 Å². The Hall–Kier alpha value is -2.38. The van der Waals surface area contributed by atoms with Crippen LogP contribution in [0.25, 0.3) is 0 Å². The first-order valence-corrected chi connectivity index (χ1v) is 8.27. The number of halogens is 2. The molecule has 0 bridgehead atoms. The number of alkyl halides is 2. The number of carbonyl (C=O) groups is 2. The van der Waals surface area contributed by atoms with Crippen LogP contribution in [0.2, 0.25) is 0 Å². The van der Waals surface area contributed by atoms with Crippen LogP contribution in [-0.2, 0) is 14.3 Å². The Labute approximate surface area is 143 Å². The first kappa shape index (κ1) is 17.4. The third-order valence-electron chi connectivity index (χ3n) is 4.28. The van der Waals surface area contributed by atoms with E-state index in [9.17, 15) is 18.4 Å². The number of rotatable bonds is 6. The molecule has 1 aromatic rings. The number of carbonyl (C=O) groups excluding carboxylic acids is 2. The van der Waals surface area contributed by atoms with E-state index in [1.54, 1.807) is 0 Å². The second-order valence-corrected chi connectivity index (χ2v) is 6.23. The van der Waals surface area contributed by atoms with E-state index in [1.807, 2.05) is 0 Å². The number of hydrogen-bond donors (Lipinski definition) is 1. The number of hydrogen-bond acceptors (Lipinski definition) is 5. The fraction of sp³-hybridized carbons (Fsp3) is 0.529. The topological polar surface area (TPSA) is 73.9 Å². The lowest BCUT2D eigenvalue weighted by molar-refractivity contribution is -0.286. The van der Waals surface area contributed by atoms with Crippen molar-refractivity contribution < 1.29 is 32.6 Å². The molecule has 0 radical (unpaired) electrons. The zero-order valence-corrected chi connectivity index (χ0v) is 13.6. The Morgan fingerprint density at radius 2 is 1.92 bits per heavy atom. The molecular formula is C17H19F2NO5. The summed E-state index contributed by atoms with van der Waals surface area (Å²) in [6.07, 6.45) is 2.11. The van der Waals surface area contributed by atoms with E-state index in [2.05, 4.69) is 14.8 Å².